The molecule has 182 valence electrons. The standard InChI is InChI=1S/C25H20ClN5O5/c1-13-7-16(23(33)27-12-15-3-2-4-17(32)8-15)11-18(26)22(13)24(34)28-21(25(35)36)10-14-5-6-19-20(9-14)30-31-29-19/h2-11,32H,12H2,1H3,(H,27,33)(H,28,34)(H,35,36)(H,29,30,31). The lowest BCUT2D eigenvalue weighted by Gasteiger charge is -2.13. The predicted octanol–water partition coefficient (Wildman–Crippen LogP) is 3.41. The highest BCUT2D eigenvalue weighted by Crippen LogP contribution is 2.23. The van der Waals surface area contributed by atoms with E-state index in [1.807, 2.05) is 0 Å². The zero-order valence-corrected chi connectivity index (χ0v) is 19.6. The Kier molecular flexibility index (Phi) is 6.98. The fraction of sp³-hybridized carbons (Fsp3) is 0.0800. The SMILES string of the molecule is Cc1cc(C(=O)NCc2cccc(O)c2)cc(Cl)c1C(=O)NC(=Cc1ccc2[nH]nnc2c1)C(=O)O. The summed E-state index contributed by atoms with van der Waals surface area (Å²) in [7, 11) is 0. The van der Waals surface area contributed by atoms with Crippen LogP contribution in [0.15, 0.2) is 60.3 Å². The second-order valence-electron chi connectivity index (χ2n) is 7.91. The Labute approximate surface area is 209 Å². The van der Waals surface area contributed by atoms with Crippen LogP contribution in [0.5, 0.6) is 5.75 Å². The number of aryl methyl sites for hydroxylation is 1. The van der Waals surface area contributed by atoms with Crippen molar-refractivity contribution in [1.29, 1.82) is 0 Å². The van der Waals surface area contributed by atoms with E-state index in [-0.39, 0.29) is 34.1 Å². The van der Waals surface area contributed by atoms with E-state index in [2.05, 4.69) is 26.0 Å². The number of nitrogens with one attached hydrogen (secondary N) is 3. The molecule has 2 amide bonds. The summed E-state index contributed by atoms with van der Waals surface area (Å²) in [5.74, 6) is -2.42. The van der Waals surface area contributed by atoms with Crippen molar-refractivity contribution >= 4 is 46.5 Å². The summed E-state index contributed by atoms with van der Waals surface area (Å²) < 4.78 is 0. The molecule has 0 radical (unpaired) electrons. The van der Waals surface area contributed by atoms with Gasteiger partial charge in [-0.05, 0) is 66.1 Å². The van der Waals surface area contributed by atoms with Gasteiger partial charge in [0.2, 0.25) is 0 Å². The molecule has 5 N–H and O–H groups in total. The maximum atomic E-state index is 12.9. The zero-order chi connectivity index (χ0) is 25.8. The van der Waals surface area contributed by atoms with E-state index in [4.69, 9.17) is 11.6 Å². The van der Waals surface area contributed by atoms with Crippen molar-refractivity contribution in [2.45, 2.75) is 13.5 Å². The number of benzene rings is 3. The third-order valence-corrected chi connectivity index (χ3v) is 5.58. The van der Waals surface area contributed by atoms with Crippen LogP contribution in [0.4, 0.5) is 0 Å². The summed E-state index contributed by atoms with van der Waals surface area (Å²) in [5, 5.41) is 34.5. The average Bonchev–Trinajstić information content (AvgIpc) is 3.29. The largest absolute Gasteiger partial charge is 0.508 e. The molecule has 0 bridgehead atoms. The molecule has 0 aliphatic carbocycles. The van der Waals surface area contributed by atoms with E-state index in [9.17, 15) is 24.6 Å². The first-order valence-corrected chi connectivity index (χ1v) is 11.0. The second-order valence-corrected chi connectivity index (χ2v) is 8.32. The molecule has 0 fully saturated rings. The number of aromatic amines is 1. The van der Waals surface area contributed by atoms with Crippen LogP contribution in [0.2, 0.25) is 5.02 Å². The minimum Gasteiger partial charge on any atom is -0.508 e. The Hall–Kier alpha value is -4.70. The highest BCUT2D eigenvalue weighted by Gasteiger charge is 2.20. The summed E-state index contributed by atoms with van der Waals surface area (Å²) in [5.41, 5.74) is 2.71. The number of amides is 2. The molecule has 1 heterocycles. The van der Waals surface area contributed by atoms with Crippen molar-refractivity contribution in [2.24, 2.45) is 0 Å². The molecule has 11 heteroatoms. The fourth-order valence-electron chi connectivity index (χ4n) is 3.56. The van der Waals surface area contributed by atoms with Crippen LogP contribution in [0.25, 0.3) is 17.1 Å². The van der Waals surface area contributed by atoms with Crippen LogP contribution in [0, 0.1) is 6.92 Å². The number of fused-ring (bicyclic) bond motifs is 1. The number of aliphatic carboxylic acids is 1. The number of nitrogens with zero attached hydrogens (tertiary/aromatic N) is 2. The van der Waals surface area contributed by atoms with Crippen molar-refractivity contribution < 1.29 is 24.6 Å². The first-order chi connectivity index (χ1) is 17.2. The number of phenols is 1. The average molecular weight is 506 g/mol. The molecule has 1 aromatic heterocycles. The number of carbonyl (C=O) groups is 3. The molecule has 0 atom stereocenters. The lowest BCUT2D eigenvalue weighted by atomic mass is 10.0. The number of carboxylic acid groups (broad SMARTS) is 1. The van der Waals surface area contributed by atoms with Gasteiger partial charge < -0.3 is 20.8 Å². The van der Waals surface area contributed by atoms with Gasteiger partial charge in [0.15, 0.2) is 0 Å². The first kappa shape index (κ1) is 24.4. The van der Waals surface area contributed by atoms with Gasteiger partial charge >= 0.3 is 5.97 Å². The Balaban J connectivity index is 1.52. The molecule has 0 spiro atoms. The van der Waals surface area contributed by atoms with Gasteiger partial charge in [-0.25, -0.2) is 4.79 Å². The number of carbonyl (C=O) groups excluding carboxylic acids is 2. The second kappa shape index (κ2) is 10.3. The molecule has 4 aromatic rings. The van der Waals surface area contributed by atoms with Crippen LogP contribution >= 0.6 is 11.6 Å². The molecule has 0 saturated carbocycles. The smallest absolute Gasteiger partial charge is 0.352 e. The predicted molar refractivity (Wildman–Crippen MR) is 132 cm³/mol. The van der Waals surface area contributed by atoms with Gasteiger partial charge in [0.1, 0.15) is 17.0 Å². The fourth-order valence-corrected chi connectivity index (χ4v) is 3.92. The topological polar surface area (TPSA) is 157 Å². The first-order valence-electron chi connectivity index (χ1n) is 10.6. The van der Waals surface area contributed by atoms with Crippen LogP contribution in [0.1, 0.15) is 37.4 Å². The van der Waals surface area contributed by atoms with Crippen LogP contribution in [-0.4, -0.2) is 43.4 Å². The summed E-state index contributed by atoms with van der Waals surface area (Å²) in [6.07, 6.45) is 1.29. The number of hydrogen-bond donors (Lipinski definition) is 5. The minimum atomic E-state index is -1.35. The van der Waals surface area contributed by atoms with Crippen molar-refractivity contribution in [1.82, 2.24) is 26.0 Å². The summed E-state index contributed by atoms with van der Waals surface area (Å²) >= 11 is 6.33. The minimum absolute atomic E-state index is 0.0104. The van der Waals surface area contributed by atoms with Gasteiger partial charge in [0.25, 0.3) is 11.8 Å². The Bertz CT molecular complexity index is 1510. The van der Waals surface area contributed by atoms with Gasteiger partial charge in [-0.15, -0.1) is 5.10 Å². The molecule has 3 aromatic carbocycles. The molecule has 0 aliphatic heterocycles. The molecule has 4 rings (SSSR count). The van der Waals surface area contributed by atoms with E-state index in [0.717, 1.165) is 0 Å². The molecule has 0 saturated heterocycles. The summed E-state index contributed by atoms with van der Waals surface area (Å²) in [6.45, 7) is 1.77. The van der Waals surface area contributed by atoms with Crippen LogP contribution in [-0.2, 0) is 11.3 Å². The number of aromatic hydroxyl groups is 1. The van der Waals surface area contributed by atoms with Gasteiger partial charge in [-0.2, -0.15) is 0 Å². The number of carboxylic acids is 1. The zero-order valence-electron chi connectivity index (χ0n) is 18.9. The van der Waals surface area contributed by atoms with Crippen molar-refractivity contribution in [3.05, 3.63) is 93.1 Å². The third-order valence-electron chi connectivity index (χ3n) is 5.28. The third kappa shape index (κ3) is 5.50. The molecule has 0 unspecified atom stereocenters. The van der Waals surface area contributed by atoms with Gasteiger partial charge in [-0.3, -0.25) is 14.7 Å². The number of hydrogen-bond acceptors (Lipinski definition) is 6. The van der Waals surface area contributed by atoms with Crippen molar-refractivity contribution in [3.63, 3.8) is 0 Å². The highest BCUT2D eigenvalue weighted by molar-refractivity contribution is 6.34. The molecular weight excluding hydrogens is 486 g/mol. The van der Waals surface area contributed by atoms with E-state index < -0.39 is 17.8 Å². The Morgan fingerprint density at radius 2 is 1.89 bits per heavy atom. The van der Waals surface area contributed by atoms with Gasteiger partial charge in [-0.1, -0.05) is 35.0 Å². The van der Waals surface area contributed by atoms with E-state index >= 15 is 0 Å². The van der Waals surface area contributed by atoms with Gasteiger partial charge in [0, 0.05) is 12.1 Å². The Morgan fingerprint density at radius 3 is 2.61 bits per heavy atom. The molecule has 10 nitrogen and oxygen atoms in total. The maximum absolute atomic E-state index is 12.9. The number of phenolic OH excluding ortho intramolecular Hbond substituents is 1. The maximum Gasteiger partial charge on any atom is 0.352 e. The van der Waals surface area contributed by atoms with Gasteiger partial charge in [0.05, 0.1) is 16.1 Å². The van der Waals surface area contributed by atoms with Crippen molar-refractivity contribution in [3.8, 4) is 5.75 Å². The van der Waals surface area contributed by atoms with E-state index in [0.29, 0.717) is 27.7 Å². The highest BCUT2D eigenvalue weighted by atomic mass is 35.5. The molecular formula is C25H20ClN5O5. The quantitative estimate of drug-likeness (QED) is 0.241. The monoisotopic (exact) mass is 505 g/mol. The Morgan fingerprint density at radius 1 is 1.08 bits per heavy atom. The number of H-pyrrole nitrogens is 1. The molecule has 36 heavy (non-hydrogen) atoms. The number of rotatable bonds is 7. The van der Waals surface area contributed by atoms with Crippen LogP contribution < -0.4 is 10.6 Å². The van der Waals surface area contributed by atoms with E-state index in [1.165, 1.54) is 30.3 Å². The summed E-state index contributed by atoms with van der Waals surface area (Å²) in [4.78, 5) is 37.3. The normalized spacial score (nSPS) is 11.3. The molecule has 0 aliphatic rings. The summed E-state index contributed by atoms with van der Waals surface area (Å²) in [6, 6.07) is 14.3. The lowest BCUT2D eigenvalue weighted by molar-refractivity contribution is -0.132. The van der Waals surface area contributed by atoms with E-state index in [1.54, 1.807) is 37.3 Å². The lowest BCUT2D eigenvalue weighted by Crippen LogP contribution is -2.28. The number of aromatic nitrogens is 3. The number of halogens is 1. The van der Waals surface area contributed by atoms with Crippen molar-refractivity contribution in [2.75, 3.05) is 0 Å². The van der Waals surface area contributed by atoms with Crippen LogP contribution in [0.3, 0.4) is 0 Å².